The van der Waals surface area contributed by atoms with Crippen LogP contribution in [0.15, 0.2) is 83.9 Å². The van der Waals surface area contributed by atoms with Crippen LogP contribution in [0.25, 0.3) is 10.9 Å². The minimum absolute atomic E-state index is 0.112. The Balaban J connectivity index is 1.40. The van der Waals surface area contributed by atoms with Gasteiger partial charge in [-0.05, 0) is 79.0 Å². The maximum atomic E-state index is 13.8. The fraction of sp³-hybridized carbons (Fsp3) is 0.278. The molecule has 1 aliphatic rings. The van der Waals surface area contributed by atoms with Gasteiger partial charge in [-0.2, -0.15) is 0 Å². The van der Waals surface area contributed by atoms with E-state index in [0.717, 1.165) is 58.7 Å². The van der Waals surface area contributed by atoms with Crippen molar-refractivity contribution in [2.24, 2.45) is 16.3 Å². The van der Waals surface area contributed by atoms with Gasteiger partial charge in [-0.15, -0.1) is 11.3 Å². The van der Waals surface area contributed by atoms with Crippen molar-refractivity contribution in [3.63, 3.8) is 0 Å². The average Bonchev–Trinajstić information content (AvgIpc) is 3.47. The Kier molecular flexibility index (Phi) is 7.82. The summed E-state index contributed by atoms with van der Waals surface area (Å²) in [6.45, 7) is 9.90. The summed E-state index contributed by atoms with van der Waals surface area (Å²) in [5.41, 5.74) is 7.48. The lowest BCUT2D eigenvalue weighted by atomic mass is 9.72. The Labute approximate surface area is 257 Å². The Bertz CT molecular complexity index is 1770. The molecule has 0 fully saturated rings. The molecule has 6 heteroatoms. The number of halogens is 1. The normalized spacial score (nSPS) is 15.3. The summed E-state index contributed by atoms with van der Waals surface area (Å²) in [4.78, 5) is 20.2. The van der Waals surface area contributed by atoms with Gasteiger partial charge in [0.15, 0.2) is 0 Å². The molecule has 0 saturated heterocycles. The lowest BCUT2D eigenvalue weighted by Crippen LogP contribution is -2.27. The number of aliphatic imine (C=N–C) groups is 1. The number of nitrogens with zero attached hydrogens (tertiary/aromatic N) is 2. The predicted octanol–water partition coefficient (Wildman–Crippen LogP) is 9.87. The number of hydrogen-bond donors (Lipinski definition) is 1. The van der Waals surface area contributed by atoms with Crippen LogP contribution in [0.2, 0.25) is 5.02 Å². The summed E-state index contributed by atoms with van der Waals surface area (Å²) < 4.78 is 2.35. The van der Waals surface area contributed by atoms with Crippen molar-refractivity contribution in [1.82, 2.24) is 4.57 Å². The number of carbonyl (C=O) groups is 1. The molecular formula is C36H36ClN3OS. The molecule has 0 bridgehead atoms. The number of carbonyl (C=O) groups excluding carboxylic acids is 1. The zero-order valence-electron chi connectivity index (χ0n) is 24.6. The third-order valence-corrected chi connectivity index (χ3v) is 9.99. The zero-order valence-corrected chi connectivity index (χ0v) is 26.1. The van der Waals surface area contributed by atoms with Gasteiger partial charge < -0.3 is 9.88 Å². The standard InChI is InChI=1S/C36H36ClN3OS/c1-23-30(28-12-8-9-13-31(28)40(23)22-24-10-6-5-7-11-24)21-38-35-33(34(41)39-27-17-15-26(37)16-18-27)29-19-14-25(36(2,3)4)20-32(29)42-35/h5-13,15-18,21,25H,14,19-20,22H2,1-4H3,(H,39,41)/t25-/m1/s1. The molecule has 6 rings (SSSR count). The minimum Gasteiger partial charge on any atom is -0.340 e. The summed E-state index contributed by atoms with van der Waals surface area (Å²) in [5.74, 6) is 0.463. The number of anilines is 1. The second-order valence-corrected chi connectivity index (χ2v) is 13.8. The van der Waals surface area contributed by atoms with Crippen molar-refractivity contribution in [3.8, 4) is 0 Å². The van der Waals surface area contributed by atoms with E-state index in [0.29, 0.717) is 16.5 Å². The highest BCUT2D eigenvalue weighted by molar-refractivity contribution is 7.16. The van der Waals surface area contributed by atoms with Crippen molar-refractivity contribution in [3.05, 3.63) is 117 Å². The molecule has 5 aromatic rings. The average molecular weight is 594 g/mol. The first-order valence-corrected chi connectivity index (χ1v) is 15.8. The van der Waals surface area contributed by atoms with Gasteiger partial charge in [0.05, 0.1) is 5.56 Å². The molecule has 0 spiro atoms. The zero-order chi connectivity index (χ0) is 29.4. The molecule has 0 unspecified atom stereocenters. The van der Waals surface area contributed by atoms with E-state index in [1.807, 2.05) is 24.4 Å². The SMILES string of the molecule is Cc1c(C=Nc2sc3c(c2C(=O)Nc2ccc(Cl)cc2)CC[C@@H](C(C)(C)C)C3)c2ccccc2n1Cc1ccccc1. The van der Waals surface area contributed by atoms with E-state index in [9.17, 15) is 4.79 Å². The van der Waals surface area contributed by atoms with E-state index in [-0.39, 0.29) is 11.3 Å². The van der Waals surface area contributed by atoms with Gasteiger partial charge in [0, 0.05) is 50.5 Å². The molecule has 0 aliphatic heterocycles. The van der Waals surface area contributed by atoms with Crippen molar-refractivity contribution >= 4 is 56.7 Å². The third kappa shape index (κ3) is 5.68. The second kappa shape index (κ2) is 11.5. The number of para-hydroxylation sites is 1. The van der Waals surface area contributed by atoms with E-state index in [4.69, 9.17) is 16.6 Å². The first-order valence-electron chi connectivity index (χ1n) is 14.6. The first-order chi connectivity index (χ1) is 20.2. The lowest BCUT2D eigenvalue weighted by molar-refractivity contribution is 0.102. The fourth-order valence-electron chi connectivity index (χ4n) is 6.08. The Hall–Kier alpha value is -3.67. The smallest absolute Gasteiger partial charge is 0.259 e. The van der Waals surface area contributed by atoms with Crippen molar-refractivity contribution in [1.29, 1.82) is 0 Å². The highest BCUT2D eigenvalue weighted by Crippen LogP contribution is 2.45. The van der Waals surface area contributed by atoms with E-state index in [1.54, 1.807) is 23.5 Å². The minimum atomic E-state index is -0.112. The third-order valence-electron chi connectivity index (χ3n) is 8.57. The van der Waals surface area contributed by atoms with Crippen LogP contribution in [-0.2, 0) is 19.4 Å². The van der Waals surface area contributed by atoms with Crippen LogP contribution >= 0.6 is 22.9 Å². The molecule has 1 amide bonds. The number of benzene rings is 3. The maximum Gasteiger partial charge on any atom is 0.259 e. The van der Waals surface area contributed by atoms with Crippen LogP contribution < -0.4 is 5.32 Å². The quantitative estimate of drug-likeness (QED) is 0.196. The number of rotatable bonds is 6. The van der Waals surface area contributed by atoms with Crippen LogP contribution in [0.5, 0.6) is 0 Å². The second-order valence-electron chi connectivity index (χ2n) is 12.3. The number of thiophene rings is 1. The Morgan fingerprint density at radius 1 is 1.05 bits per heavy atom. The largest absolute Gasteiger partial charge is 0.340 e. The lowest BCUT2D eigenvalue weighted by Gasteiger charge is -2.33. The summed E-state index contributed by atoms with van der Waals surface area (Å²) in [5, 5.41) is 5.69. The van der Waals surface area contributed by atoms with Gasteiger partial charge in [-0.25, -0.2) is 4.99 Å². The molecule has 3 aromatic carbocycles. The van der Waals surface area contributed by atoms with E-state index in [2.05, 4.69) is 86.1 Å². The topological polar surface area (TPSA) is 46.4 Å². The van der Waals surface area contributed by atoms with Crippen LogP contribution in [0.4, 0.5) is 10.7 Å². The molecule has 0 saturated carbocycles. The number of nitrogens with one attached hydrogen (secondary N) is 1. The Morgan fingerprint density at radius 2 is 1.76 bits per heavy atom. The monoisotopic (exact) mass is 593 g/mol. The summed E-state index contributed by atoms with van der Waals surface area (Å²) in [7, 11) is 0. The number of aromatic nitrogens is 1. The van der Waals surface area contributed by atoms with Crippen LogP contribution in [0.3, 0.4) is 0 Å². The van der Waals surface area contributed by atoms with Crippen molar-refractivity contribution in [2.45, 2.75) is 53.5 Å². The molecule has 4 nitrogen and oxygen atoms in total. The number of fused-ring (bicyclic) bond motifs is 2. The summed E-state index contributed by atoms with van der Waals surface area (Å²) in [6, 6.07) is 26.3. The fourth-order valence-corrected chi connectivity index (χ4v) is 7.47. The van der Waals surface area contributed by atoms with Crippen LogP contribution in [0, 0.1) is 18.3 Å². The van der Waals surface area contributed by atoms with Crippen molar-refractivity contribution < 1.29 is 4.79 Å². The van der Waals surface area contributed by atoms with Gasteiger partial charge in [0.25, 0.3) is 5.91 Å². The Morgan fingerprint density at radius 3 is 2.50 bits per heavy atom. The van der Waals surface area contributed by atoms with Crippen LogP contribution in [-0.4, -0.2) is 16.7 Å². The van der Waals surface area contributed by atoms with Gasteiger partial charge in [0.2, 0.25) is 0 Å². The van der Waals surface area contributed by atoms with Gasteiger partial charge in [0.1, 0.15) is 5.00 Å². The number of amides is 1. The van der Waals surface area contributed by atoms with E-state index >= 15 is 0 Å². The van der Waals surface area contributed by atoms with Gasteiger partial charge in [-0.1, -0.05) is 80.9 Å². The first kappa shape index (κ1) is 28.4. The predicted molar refractivity (Wildman–Crippen MR) is 178 cm³/mol. The summed E-state index contributed by atoms with van der Waals surface area (Å²) >= 11 is 7.76. The highest BCUT2D eigenvalue weighted by atomic mass is 35.5. The molecule has 1 N–H and O–H groups in total. The van der Waals surface area contributed by atoms with E-state index < -0.39 is 0 Å². The molecule has 0 radical (unpaired) electrons. The van der Waals surface area contributed by atoms with Crippen LogP contribution in [0.1, 0.15) is 64.8 Å². The van der Waals surface area contributed by atoms with Gasteiger partial charge >= 0.3 is 0 Å². The molecule has 1 aliphatic carbocycles. The molecule has 2 heterocycles. The molecule has 2 aromatic heterocycles. The highest BCUT2D eigenvalue weighted by Gasteiger charge is 2.33. The molecule has 1 atom stereocenters. The van der Waals surface area contributed by atoms with E-state index in [1.165, 1.54) is 16.0 Å². The molecule has 214 valence electrons. The molecule has 42 heavy (non-hydrogen) atoms. The van der Waals surface area contributed by atoms with Crippen molar-refractivity contribution in [2.75, 3.05) is 5.32 Å². The maximum absolute atomic E-state index is 13.8. The van der Waals surface area contributed by atoms with Gasteiger partial charge in [-0.3, -0.25) is 4.79 Å². The molecular weight excluding hydrogens is 558 g/mol. The summed E-state index contributed by atoms with van der Waals surface area (Å²) in [6.07, 6.45) is 4.91. The number of hydrogen-bond acceptors (Lipinski definition) is 3.